The van der Waals surface area contributed by atoms with E-state index in [4.69, 9.17) is 9.47 Å². The first-order valence-corrected chi connectivity index (χ1v) is 9.07. The molecular weight excluding hydrogens is 336 g/mol. The molecule has 0 aliphatic rings. The van der Waals surface area contributed by atoms with Crippen LogP contribution in [0.25, 0.3) is 10.2 Å². The summed E-state index contributed by atoms with van der Waals surface area (Å²) >= 11 is 1.44. The topological polar surface area (TPSA) is 60.5 Å². The van der Waals surface area contributed by atoms with E-state index in [-0.39, 0.29) is 12.5 Å². The van der Waals surface area contributed by atoms with Gasteiger partial charge in [-0.25, -0.2) is 4.98 Å². The summed E-state index contributed by atoms with van der Waals surface area (Å²) in [6, 6.07) is 15.1. The highest BCUT2D eigenvalue weighted by Crippen LogP contribution is 2.25. The second kappa shape index (κ2) is 8.48. The second-order valence-corrected chi connectivity index (χ2v) is 6.53. The van der Waals surface area contributed by atoms with Crippen molar-refractivity contribution in [3.8, 4) is 11.5 Å². The molecule has 6 heteroatoms. The van der Waals surface area contributed by atoms with E-state index >= 15 is 0 Å². The van der Waals surface area contributed by atoms with Crippen LogP contribution >= 0.6 is 11.3 Å². The van der Waals surface area contributed by atoms with Crippen LogP contribution < -0.4 is 14.8 Å². The summed E-state index contributed by atoms with van der Waals surface area (Å²) in [6.45, 7) is 2.72. The number of thiazole rings is 1. The number of hydrogen-bond acceptors (Lipinski definition) is 5. The Hall–Kier alpha value is -2.60. The first-order valence-electron chi connectivity index (χ1n) is 8.25. The average Bonchev–Trinajstić information content (AvgIpc) is 3.03. The number of carbonyl (C=O) groups is 1. The minimum atomic E-state index is -0.239. The van der Waals surface area contributed by atoms with E-state index in [2.05, 4.69) is 17.2 Å². The number of anilines is 1. The first kappa shape index (κ1) is 17.2. The maximum absolute atomic E-state index is 12.1. The molecule has 0 fully saturated rings. The highest BCUT2D eigenvalue weighted by molar-refractivity contribution is 7.22. The predicted molar refractivity (Wildman–Crippen MR) is 101 cm³/mol. The normalized spacial score (nSPS) is 10.6. The number of hydrogen-bond donors (Lipinski definition) is 1. The molecule has 130 valence electrons. The van der Waals surface area contributed by atoms with E-state index in [1.54, 1.807) is 12.1 Å². The van der Waals surface area contributed by atoms with Crippen molar-refractivity contribution in [2.75, 3.05) is 18.5 Å². The standard InChI is InChI=1S/C19H20N2O3S/c1-2-3-11-23-14-7-6-8-15(12-14)24-13-18(22)21-19-20-16-9-4-5-10-17(16)25-19/h4-10,12H,2-3,11,13H2,1H3,(H,20,21,22). The fourth-order valence-electron chi connectivity index (χ4n) is 2.22. The summed E-state index contributed by atoms with van der Waals surface area (Å²) in [6.07, 6.45) is 2.10. The van der Waals surface area contributed by atoms with E-state index < -0.39 is 0 Å². The lowest BCUT2D eigenvalue weighted by atomic mass is 10.3. The number of aromatic nitrogens is 1. The molecule has 0 saturated heterocycles. The number of carbonyl (C=O) groups excluding carboxylic acids is 1. The highest BCUT2D eigenvalue weighted by Gasteiger charge is 2.08. The molecule has 0 bridgehead atoms. The lowest BCUT2D eigenvalue weighted by Gasteiger charge is -2.09. The minimum Gasteiger partial charge on any atom is -0.493 e. The van der Waals surface area contributed by atoms with Gasteiger partial charge in [-0.05, 0) is 30.7 Å². The van der Waals surface area contributed by atoms with Gasteiger partial charge >= 0.3 is 0 Å². The van der Waals surface area contributed by atoms with Crippen LogP contribution in [-0.2, 0) is 4.79 Å². The molecule has 5 nitrogen and oxygen atoms in total. The molecule has 1 aromatic heterocycles. The minimum absolute atomic E-state index is 0.0751. The summed E-state index contributed by atoms with van der Waals surface area (Å²) in [5.41, 5.74) is 0.876. The van der Waals surface area contributed by atoms with E-state index in [1.807, 2.05) is 36.4 Å². The monoisotopic (exact) mass is 356 g/mol. The van der Waals surface area contributed by atoms with Crippen molar-refractivity contribution < 1.29 is 14.3 Å². The molecule has 1 amide bonds. The van der Waals surface area contributed by atoms with Crippen LogP contribution in [0.1, 0.15) is 19.8 Å². The first-order chi connectivity index (χ1) is 12.2. The van der Waals surface area contributed by atoms with Crippen LogP contribution in [0.5, 0.6) is 11.5 Å². The second-order valence-electron chi connectivity index (χ2n) is 5.50. The van der Waals surface area contributed by atoms with Crippen molar-refractivity contribution in [1.82, 2.24) is 4.98 Å². The Morgan fingerprint density at radius 2 is 1.92 bits per heavy atom. The fraction of sp³-hybridized carbons (Fsp3) is 0.263. The zero-order valence-corrected chi connectivity index (χ0v) is 14.8. The number of ether oxygens (including phenoxy) is 2. The van der Waals surface area contributed by atoms with Crippen LogP contribution in [0.3, 0.4) is 0 Å². The Morgan fingerprint density at radius 1 is 1.12 bits per heavy atom. The third-order valence-electron chi connectivity index (χ3n) is 3.48. The van der Waals surface area contributed by atoms with Gasteiger partial charge in [0, 0.05) is 6.07 Å². The zero-order valence-electron chi connectivity index (χ0n) is 14.0. The predicted octanol–water partition coefficient (Wildman–Crippen LogP) is 4.49. The third-order valence-corrected chi connectivity index (χ3v) is 4.43. The number of benzene rings is 2. The Bertz CT molecular complexity index is 814. The largest absolute Gasteiger partial charge is 0.493 e. The number of unbranched alkanes of at least 4 members (excludes halogenated alkanes) is 1. The summed E-state index contributed by atoms with van der Waals surface area (Å²) in [4.78, 5) is 16.4. The Kier molecular flexibility index (Phi) is 5.85. The van der Waals surface area contributed by atoms with Crippen molar-refractivity contribution in [2.24, 2.45) is 0 Å². The summed E-state index contributed by atoms with van der Waals surface area (Å²) in [7, 11) is 0. The molecule has 0 atom stereocenters. The zero-order chi connectivity index (χ0) is 17.5. The Morgan fingerprint density at radius 3 is 2.72 bits per heavy atom. The molecule has 0 spiro atoms. The van der Waals surface area contributed by atoms with Gasteiger partial charge in [-0.15, -0.1) is 0 Å². The van der Waals surface area contributed by atoms with E-state index in [0.29, 0.717) is 17.5 Å². The number of rotatable bonds is 8. The number of fused-ring (bicyclic) bond motifs is 1. The molecule has 0 radical (unpaired) electrons. The molecule has 3 aromatic rings. The highest BCUT2D eigenvalue weighted by atomic mass is 32.1. The molecule has 0 unspecified atom stereocenters. The molecule has 3 rings (SSSR count). The summed E-state index contributed by atoms with van der Waals surface area (Å²) < 4.78 is 12.2. The molecule has 2 aromatic carbocycles. The molecular formula is C19H20N2O3S. The van der Waals surface area contributed by atoms with Crippen molar-refractivity contribution >= 4 is 32.6 Å². The van der Waals surface area contributed by atoms with Gasteiger partial charge in [-0.3, -0.25) is 10.1 Å². The number of nitrogens with one attached hydrogen (secondary N) is 1. The van der Waals surface area contributed by atoms with Crippen molar-refractivity contribution in [3.63, 3.8) is 0 Å². The molecule has 1 N–H and O–H groups in total. The molecule has 0 saturated carbocycles. The lowest BCUT2D eigenvalue weighted by molar-refractivity contribution is -0.118. The van der Waals surface area contributed by atoms with E-state index in [1.165, 1.54) is 11.3 Å². The van der Waals surface area contributed by atoms with Crippen LogP contribution in [-0.4, -0.2) is 24.1 Å². The Labute approximate surface area is 150 Å². The van der Waals surface area contributed by atoms with Gasteiger partial charge < -0.3 is 9.47 Å². The smallest absolute Gasteiger partial charge is 0.264 e. The van der Waals surface area contributed by atoms with Crippen molar-refractivity contribution in [3.05, 3.63) is 48.5 Å². The van der Waals surface area contributed by atoms with Crippen molar-refractivity contribution in [1.29, 1.82) is 0 Å². The average molecular weight is 356 g/mol. The Balaban J connectivity index is 1.52. The quantitative estimate of drug-likeness (QED) is 0.604. The van der Waals surface area contributed by atoms with Crippen molar-refractivity contribution in [2.45, 2.75) is 19.8 Å². The maximum atomic E-state index is 12.1. The number of nitrogens with zero attached hydrogens (tertiary/aromatic N) is 1. The van der Waals surface area contributed by atoms with Gasteiger partial charge in [0.15, 0.2) is 11.7 Å². The number of para-hydroxylation sites is 1. The van der Waals surface area contributed by atoms with Gasteiger partial charge in [0.1, 0.15) is 11.5 Å². The van der Waals surface area contributed by atoms with Gasteiger partial charge in [0.25, 0.3) is 5.91 Å². The lowest BCUT2D eigenvalue weighted by Crippen LogP contribution is -2.20. The molecule has 0 aliphatic carbocycles. The van der Waals surface area contributed by atoms with Gasteiger partial charge in [0.2, 0.25) is 0 Å². The molecule has 25 heavy (non-hydrogen) atoms. The fourth-order valence-corrected chi connectivity index (χ4v) is 3.10. The van der Waals surface area contributed by atoms with Crippen LogP contribution in [0.4, 0.5) is 5.13 Å². The van der Waals surface area contributed by atoms with Crippen LogP contribution in [0, 0.1) is 0 Å². The van der Waals surface area contributed by atoms with Crippen LogP contribution in [0.2, 0.25) is 0 Å². The maximum Gasteiger partial charge on any atom is 0.264 e. The van der Waals surface area contributed by atoms with Crippen LogP contribution in [0.15, 0.2) is 48.5 Å². The summed E-state index contributed by atoms with van der Waals surface area (Å²) in [5.74, 6) is 1.11. The van der Waals surface area contributed by atoms with E-state index in [0.717, 1.165) is 28.8 Å². The SMILES string of the molecule is CCCCOc1cccc(OCC(=O)Nc2nc3ccccc3s2)c1. The molecule has 0 aliphatic heterocycles. The van der Waals surface area contributed by atoms with Gasteiger partial charge in [-0.1, -0.05) is 42.9 Å². The summed E-state index contributed by atoms with van der Waals surface area (Å²) in [5, 5.41) is 3.35. The van der Waals surface area contributed by atoms with Gasteiger partial charge in [-0.2, -0.15) is 0 Å². The molecule has 1 heterocycles. The van der Waals surface area contributed by atoms with Gasteiger partial charge in [0.05, 0.1) is 16.8 Å². The third kappa shape index (κ3) is 4.93. The number of amides is 1. The van der Waals surface area contributed by atoms with E-state index in [9.17, 15) is 4.79 Å².